The number of furan rings is 1. The Morgan fingerprint density at radius 3 is 2.71 bits per heavy atom. The van der Waals surface area contributed by atoms with Crippen LogP contribution in [0.4, 0.5) is 19.0 Å². The predicted molar refractivity (Wildman–Crippen MR) is 99.0 cm³/mol. The van der Waals surface area contributed by atoms with Crippen molar-refractivity contribution in [2.75, 3.05) is 5.32 Å². The molecule has 0 bridgehead atoms. The molecule has 4 rings (SSSR count). The molecular formula is C18H20BrF3N4O2. The Balaban J connectivity index is 1.65. The number of carbonyl (C=O) groups excluding carboxylic acids is 1. The lowest BCUT2D eigenvalue weighted by Gasteiger charge is -2.32. The van der Waals surface area contributed by atoms with E-state index >= 15 is 0 Å². The van der Waals surface area contributed by atoms with E-state index in [2.05, 4.69) is 31.7 Å². The molecule has 2 N–H and O–H groups in total. The first-order valence-corrected chi connectivity index (χ1v) is 10.1. The maximum absolute atomic E-state index is 13.7. The van der Waals surface area contributed by atoms with Crippen LogP contribution < -0.4 is 10.6 Å². The highest BCUT2D eigenvalue weighted by molar-refractivity contribution is 9.10. The van der Waals surface area contributed by atoms with Gasteiger partial charge in [-0.25, -0.2) is 4.68 Å². The number of anilines is 1. The number of amides is 1. The number of carbonyl (C=O) groups is 1. The number of halogens is 4. The van der Waals surface area contributed by atoms with E-state index in [1.54, 1.807) is 12.1 Å². The van der Waals surface area contributed by atoms with Gasteiger partial charge in [0.1, 0.15) is 11.6 Å². The minimum Gasteiger partial charge on any atom is -0.467 e. The van der Waals surface area contributed by atoms with Crippen LogP contribution in [0.15, 0.2) is 27.3 Å². The van der Waals surface area contributed by atoms with Crippen LogP contribution in [0.2, 0.25) is 0 Å². The fraction of sp³-hybridized carbons (Fsp3) is 0.556. The van der Waals surface area contributed by atoms with Gasteiger partial charge in [0.05, 0.1) is 16.8 Å². The number of fused-ring (bicyclic) bond motifs is 1. The third-order valence-electron chi connectivity index (χ3n) is 5.34. The molecule has 2 atom stereocenters. The van der Waals surface area contributed by atoms with Gasteiger partial charge in [0.25, 0.3) is 5.91 Å². The molecule has 1 amide bonds. The summed E-state index contributed by atoms with van der Waals surface area (Å²) in [5.74, 6) is 0.0727. The second kappa shape index (κ2) is 7.46. The number of nitrogens with zero attached hydrogens (tertiary/aromatic N) is 2. The Kier molecular flexibility index (Phi) is 5.15. The van der Waals surface area contributed by atoms with E-state index in [-0.39, 0.29) is 28.4 Å². The number of aromatic nitrogens is 2. The summed E-state index contributed by atoms with van der Waals surface area (Å²) in [6, 6.07) is 0.766. The van der Waals surface area contributed by atoms with E-state index in [0.29, 0.717) is 5.76 Å². The predicted octanol–water partition coefficient (Wildman–Crippen LogP) is 4.96. The van der Waals surface area contributed by atoms with Gasteiger partial charge in [-0.2, -0.15) is 18.3 Å². The Morgan fingerprint density at radius 2 is 2.07 bits per heavy atom. The first-order valence-electron chi connectivity index (χ1n) is 9.30. The first kappa shape index (κ1) is 19.4. The van der Waals surface area contributed by atoms with E-state index in [4.69, 9.17) is 4.42 Å². The van der Waals surface area contributed by atoms with Crippen molar-refractivity contribution in [2.24, 2.45) is 0 Å². The number of alkyl halides is 3. The van der Waals surface area contributed by atoms with Gasteiger partial charge in [0.15, 0.2) is 11.7 Å². The van der Waals surface area contributed by atoms with Crippen LogP contribution in [0.25, 0.3) is 0 Å². The average molecular weight is 461 g/mol. The van der Waals surface area contributed by atoms with Crippen LogP contribution in [-0.2, 0) is 0 Å². The van der Waals surface area contributed by atoms with Crippen molar-refractivity contribution >= 4 is 27.7 Å². The molecule has 0 unspecified atom stereocenters. The zero-order valence-corrected chi connectivity index (χ0v) is 16.5. The molecule has 2 aromatic heterocycles. The molecule has 152 valence electrons. The third kappa shape index (κ3) is 3.66. The Hall–Kier alpha value is -1.97. The van der Waals surface area contributed by atoms with E-state index in [1.807, 2.05) is 0 Å². The molecule has 0 radical (unpaired) electrons. The van der Waals surface area contributed by atoms with Crippen LogP contribution >= 0.6 is 15.9 Å². The number of hydrogen-bond donors (Lipinski definition) is 2. The summed E-state index contributed by atoms with van der Waals surface area (Å²) in [4.78, 5) is 12.7. The van der Waals surface area contributed by atoms with Gasteiger partial charge in [-0.1, -0.05) is 19.3 Å². The van der Waals surface area contributed by atoms with Crippen molar-refractivity contribution in [1.82, 2.24) is 15.1 Å². The summed E-state index contributed by atoms with van der Waals surface area (Å²) in [5.41, 5.74) is -0.0394. The quantitative estimate of drug-likeness (QED) is 0.678. The van der Waals surface area contributed by atoms with E-state index in [9.17, 15) is 18.0 Å². The summed E-state index contributed by atoms with van der Waals surface area (Å²) >= 11 is 3.28. The van der Waals surface area contributed by atoms with E-state index in [0.717, 1.165) is 36.8 Å². The lowest BCUT2D eigenvalue weighted by Crippen LogP contribution is -2.37. The second-order valence-corrected chi connectivity index (χ2v) is 8.06. The monoisotopic (exact) mass is 460 g/mol. The van der Waals surface area contributed by atoms with Gasteiger partial charge in [-0.15, -0.1) is 0 Å². The third-order valence-corrected chi connectivity index (χ3v) is 6.09. The highest BCUT2D eigenvalue weighted by Gasteiger charge is 2.48. The van der Waals surface area contributed by atoms with Gasteiger partial charge < -0.3 is 15.1 Å². The molecule has 1 fully saturated rings. The first-order chi connectivity index (χ1) is 13.3. The molecule has 1 aliphatic carbocycles. The lowest BCUT2D eigenvalue weighted by atomic mass is 9.95. The average Bonchev–Trinajstić information content (AvgIpc) is 3.30. The van der Waals surface area contributed by atoms with Crippen molar-refractivity contribution in [3.8, 4) is 0 Å². The van der Waals surface area contributed by atoms with Crippen LogP contribution in [0, 0.1) is 0 Å². The van der Waals surface area contributed by atoms with Gasteiger partial charge in [-0.3, -0.25) is 4.79 Å². The molecule has 3 heterocycles. The molecule has 0 saturated heterocycles. The molecule has 2 aliphatic rings. The molecule has 1 aliphatic heterocycles. The summed E-state index contributed by atoms with van der Waals surface area (Å²) in [5, 5.41) is 9.96. The van der Waals surface area contributed by atoms with Crippen LogP contribution in [0.1, 0.15) is 66.9 Å². The topological polar surface area (TPSA) is 72.1 Å². The smallest absolute Gasteiger partial charge is 0.410 e. The number of nitrogens with one attached hydrogen (secondary N) is 2. The normalized spacial score (nSPS) is 23.1. The Morgan fingerprint density at radius 1 is 1.32 bits per heavy atom. The van der Waals surface area contributed by atoms with Crippen molar-refractivity contribution in [1.29, 1.82) is 0 Å². The summed E-state index contributed by atoms with van der Waals surface area (Å²) in [7, 11) is 0. The van der Waals surface area contributed by atoms with Crippen LogP contribution in [0.3, 0.4) is 0 Å². The zero-order chi connectivity index (χ0) is 19.9. The summed E-state index contributed by atoms with van der Waals surface area (Å²) in [6.07, 6.45) is 1.60. The molecule has 28 heavy (non-hydrogen) atoms. The largest absolute Gasteiger partial charge is 0.467 e. The molecule has 0 spiro atoms. The van der Waals surface area contributed by atoms with Gasteiger partial charge >= 0.3 is 6.18 Å². The lowest BCUT2D eigenvalue weighted by molar-refractivity contribution is -0.174. The van der Waals surface area contributed by atoms with Crippen molar-refractivity contribution in [3.05, 3.63) is 34.3 Å². The molecule has 6 nitrogen and oxygen atoms in total. The molecule has 2 aromatic rings. The second-order valence-electron chi connectivity index (χ2n) is 7.27. The Labute approximate surface area is 168 Å². The highest BCUT2D eigenvalue weighted by atomic mass is 79.9. The van der Waals surface area contributed by atoms with Crippen molar-refractivity contribution < 1.29 is 22.4 Å². The van der Waals surface area contributed by atoms with Gasteiger partial charge in [0.2, 0.25) is 0 Å². The fourth-order valence-electron chi connectivity index (χ4n) is 3.91. The van der Waals surface area contributed by atoms with E-state index in [1.165, 1.54) is 6.26 Å². The van der Waals surface area contributed by atoms with Crippen LogP contribution in [0.5, 0.6) is 0 Å². The highest BCUT2D eigenvalue weighted by Crippen LogP contribution is 2.46. The molecule has 0 aromatic carbocycles. The standard InChI is InChI=1S/C18H20BrF3N4O2/c19-14-15(17(27)23-10-5-2-1-3-6-10)25-26-13(18(20,21)22)9-11(24-16(14)26)12-7-4-8-28-12/h4,7-8,10-11,13,24H,1-3,5-6,9H2,(H,23,27)/t11-,13-/m0/s1. The number of rotatable bonds is 3. The van der Waals surface area contributed by atoms with Crippen molar-refractivity contribution in [3.63, 3.8) is 0 Å². The number of hydrogen-bond acceptors (Lipinski definition) is 4. The maximum Gasteiger partial charge on any atom is 0.410 e. The Bertz CT molecular complexity index is 844. The SMILES string of the molecule is O=C(NC1CCCCC1)c1nn2c(c1Br)N[C@H](c1ccco1)C[C@H]2C(F)(F)F. The van der Waals surface area contributed by atoms with E-state index < -0.39 is 24.2 Å². The van der Waals surface area contributed by atoms with Gasteiger partial charge in [-0.05, 0) is 40.9 Å². The fourth-order valence-corrected chi connectivity index (χ4v) is 4.47. The molecule has 10 heteroatoms. The molecular weight excluding hydrogens is 441 g/mol. The summed E-state index contributed by atoms with van der Waals surface area (Å²) in [6.45, 7) is 0. The van der Waals surface area contributed by atoms with Crippen molar-refractivity contribution in [2.45, 2.75) is 62.8 Å². The maximum atomic E-state index is 13.7. The van der Waals surface area contributed by atoms with Crippen LogP contribution in [-0.4, -0.2) is 27.9 Å². The van der Waals surface area contributed by atoms with Gasteiger partial charge in [0, 0.05) is 12.5 Å². The minimum absolute atomic E-state index is 0.0362. The minimum atomic E-state index is -4.51. The zero-order valence-electron chi connectivity index (χ0n) is 14.9. The summed E-state index contributed by atoms with van der Waals surface area (Å²) < 4.78 is 47.5. The molecule has 1 saturated carbocycles.